The smallest absolute Gasteiger partial charge is 0.291 e. The number of rotatable bonds is 9. The number of carbonyl (C=O) groups excluding carboxylic acids is 2. The van der Waals surface area contributed by atoms with Crippen LogP contribution in [-0.4, -0.2) is 43.0 Å². The number of amides is 2. The standard InChI is InChI=1S/C19H26N2O4/c1-4-11-21(12-5-2)19(23)18-17(20-16(22)13-24-6-3)14-9-7-8-10-15(14)25-18/h7-10H,4-6,11-13H2,1-3H3,(H,20,22). The van der Waals surface area contributed by atoms with Crippen molar-refractivity contribution in [2.45, 2.75) is 33.6 Å². The van der Waals surface area contributed by atoms with Gasteiger partial charge in [0.15, 0.2) is 0 Å². The third-order valence-electron chi connectivity index (χ3n) is 3.77. The number of hydrogen-bond acceptors (Lipinski definition) is 4. The minimum absolute atomic E-state index is 0.0583. The van der Waals surface area contributed by atoms with Crippen LogP contribution in [0.15, 0.2) is 28.7 Å². The fourth-order valence-corrected chi connectivity index (χ4v) is 2.69. The molecule has 1 aromatic heterocycles. The van der Waals surface area contributed by atoms with Crippen LogP contribution in [0.5, 0.6) is 0 Å². The number of hydrogen-bond donors (Lipinski definition) is 1. The van der Waals surface area contributed by atoms with Gasteiger partial charge in [0.1, 0.15) is 17.9 Å². The summed E-state index contributed by atoms with van der Waals surface area (Å²) in [5.74, 6) is -0.334. The van der Waals surface area contributed by atoms with Crippen LogP contribution in [-0.2, 0) is 9.53 Å². The third-order valence-corrected chi connectivity index (χ3v) is 3.77. The number of furan rings is 1. The number of fused-ring (bicyclic) bond motifs is 1. The van der Waals surface area contributed by atoms with Gasteiger partial charge in [0.2, 0.25) is 11.7 Å². The van der Waals surface area contributed by atoms with Crippen molar-refractivity contribution >= 4 is 28.5 Å². The van der Waals surface area contributed by atoms with Crippen molar-refractivity contribution in [1.29, 1.82) is 0 Å². The van der Waals surface area contributed by atoms with Crippen molar-refractivity contribution in [2.24, 2.45) is 0 Å². The van der Waals surface area contributed by atoms with Gasteiger partial charge in [-0.05, 0) is 31.9 Å². The quantitative estimate of drug-likeness (QED) is 0.752. The molecule has 0 saturated carbocycles. The zero-order chi connectivity index (χ0) is 18.2. The van der Waals surface area contributed by atoms with Gasteiger partial charge in [0, 0.05) is 25.1 Å². The molecular formula is C19H26N2O4. The molecule has 0 unspecified atom stereocenters. The fraction of sp³-hybridized carbons (Fsp3) is 0.474. The van der Waals surface area contributed by atoms with Crippen molar-refractivity contribution < 1.29 is 18.7 Å². The molecule has 1 heterocycles. The summed E-state index contributed by atoms with van der Waals surface area (Å²) in [5.41, 5.74) is 0.994. The van der Waals surface area contributed by atoms with E-state index in [-0.39, 0.29) is 24.2 Å². The lowest BCUT2D eigenvalue weighted by molar-refractivity contribution is -0.120. The highest BCUT2D eigenvalue weighted by molar-refractivity contribution is 6.11. The van der Waals surface area contributed by atoms with E-state index in [0.717, 1.165) is 12.8 Å². The van der Waals surface area contributed by atoms with Crippen LogP contribution in [0, 0.1) is 0 Å². The molecule has 0 atom stereocenters. The first-order valence-corrected chi connectivity index (χ1v) is 8.80. The van der Waals surface area contributed by atoms with Gasteiger partial charge in [-0.3, -0.25) is 9.59 Å². The number of ether oxygens (including phenoxy) is 1. The van der Waals surface area contributed by atoms with Crippen LogP contribution < -0.4 is 5.32 Å². The van der Waals surface area contributed by atoms with Gasteiger partial charge >= 0.3 is 0 Å². The Hall–Kier alpha value is -2.34. The Balaban J connectivity index is 2.38. The first kappa shape index (κ1) is 19.0. The average molecular weight is 346 g/mol. The number of benzene rings is 1. The number of para-hydroxylation sites is 1. The van der Waals surface area contributed by atoms with Gasteiger partial charge < -0.3 is 19.4 Å². The van der Waals surface area contributed by atoms with E-state index in [1.54, 1.807) is 11.0 Å². The summed E-state index contributed by atoms with van der Waals surface area (Å²) in [7, 11) is 0. The van der Waals surface area contributed by atoms with Crippen LogP contribution in [0.2, 0.25) is 0 Å². The molecule has 0 saturated heterocycles. The Morgan fingerprint density at radius 1 is 1.12 bits per heavy atom. The van der Waals surface area contributed by atoms with E-state index < -0.39 is 0 Å². The van der Waals surface area contributed by atoms with Gasteiger partial charge in [-0.2, -0.15) is 0 Å². The van der Waals surface area contributed by atoms with E-state index in [0.29, 0.717) is 36.4 Å². The third kappa shape index (κ3) is 4.60. The Bertz CT molecular complexity index is 717. The van der Waals surface area contributed by atoms with Crippen molar-refractivity contribution in [1.82, 2.24) is 4.90 Å². The first-order valence-electron chi connectivity index (χ1n) is 8.80. The minimum atomic E-state index is -0.306. The largest absolute Gasteiger partial charge is 0.449 e. The second kappa shape index (κ2) is 9.22. The highest BCUT2D eigenvalue weighted by atomic mass is 16.5. The monoisotopic (exact) mass is 346 g/mol. The van der Waals surface area contributed by atoms with Gasteiger partial charge in [0.05, 0.1) is 0 Å². The summed E-state index contributed by atoms with van der Waals surface area (Å²) < 4.78 is 10.9. The van der Waals surface area contributed by atoms with Gasteiger partial charge in [-0.15, -0.1) is 0 Å². The molecule has 0 aliphatic rings. The highest BCUT2D eigenvalue weighted by Crippen LogP contribution is 2.32. The van der Waals surface area contributed by atoms with Crippen LogP contribution >= 0.6 is 0 Å². The predicted octanol–water partition coefficient (Wildman–Crippen LogP) is 3.67. The van der Waals surface area contributed by atoms with Gasteiger partial charge in [-0.25, -0.2) is 0 Å². The molecule has 25 heavy (non-hydrogen) atoms. The molecule has 1 aromatic carbocycles. The van der Waals surface area contributed by atoms with E-state index in [1.807, 2.05) is 39.0 Å². The van der Waals surface area contributed by atoms with Crippen LogP contribution in [0.1, 0.15) is 44.2 Å². The summed E-state index contributed by atoms with van der Waals surface area (Å²) in [5, 5.41) is 3.49. The minimum Gasteiger partial charge on any atom is -0.449 e. The molecule has 0 spiro atoms. The maximum atomic E-state index is 13.0. The van der Waals surface area contributed by atoms with Crippen LogP contribution in [0.3, 0.4) is 0 Å². The van der Waals surface area contributed by atoms with Crippen molar-refractivity contribution in [3.63, 3.8) is 0 Å². The van der Waals surface area contributed by atoms with Crippen LogP contribution in [0.4, 0.5) is 5.69 Å². The van der Waals surface area contributed by atoms with E-state index in [1.165, 1.54) is 0 Å². The Morgan fingerprint density at radius 3 is 2.44 bits per heavy atom. The molecule has 1 N–H and O–H groups in total. The molecule has 0 aliphatic carbocycles. The molecule has 6 heteroatoms. The summed E-state index contributed by atoms with van der Waals surface area (Å²) in [4.78, 5) is 26.8. The Labute approximate surface area is 148 Å². The first-order chi connectivity index (χ1) is 12.1. The maximum Gasteiger partial charge on any atom is 0.291 e. The van der Waals surface area contributed by atoms with E-state index in [9.17, 15) is 9.59 Å². The number of nitrogens with zero attached hydrogens (tertiary/aromatic N) is 1. The molecule has 136 valence electrons. The lowest BCUT2D eigenvalue weighted by atomic mass is 10.2. The topological polar surface area (TPSA) is 71.8 Å². The lowest BCUT2D eigenvalue weighted by Gasteiger charge is -2.20. The zero-order valence-corrected chi connectivity index (χ0v) is 15.1. The Morgan fingerprint density at radius 2 is 1.80 bits per heavy atom. The summed E-state index contributed by atoms with van der Waals surface area (Å²) in [6, 6.07) is 7.30. The van der Waals surface area contributed by atoms with E-state index >= 15 is 0 Å². The van der Waals surface area contributed by atoms with Gasteiger partial charge in [0.25, 0.3) is 5.91 Å². The number of nitrogens with one attached hydrogen (secondary N) is 1. The van der Waals surface area contributed by atoms with Gasteiger partial charge in [-0.1, -0.05) is 26.0 Å². The summed E-state index contributed by atoms with van der Waals surface area (Å²) in [6.07, 6.45) is 1.72. The summed E-state index contributed by atoms with van der Waals surface area (Å²) in [6.45, 7) is 7.57. The molecule has 6 nitrogen and oxygen atoms in total. The molecule has 2 rings (SSSR count). The number of carbonyl (C=O) groups is 2. The SMILES string of the molecule is CCCN(CCC)C(=O)c1oc2ccccc2c1NC(=O)COCC. The number of anilines is 1. The molecule has 2 aromatic rings. The normalized spacial score (nSPS) is 10.8. The average Bonchev–Trinajstić information content (AvgIpc) is 2.98. The van der Waals surface area contributed by atoms with Crippen molar-refractivity contribution in [3.8, 4) is 0 Å². The molecule has 2 amide bonds. The zero-order valence-electron chi connectivity index (χ0n) is 15.1. The molecule has 0 aliphatic heterocycles. The molecule has 0 radical (unpaired) electrons. The Kier molecular flexibility index (Phi) is 7.01. The lowest BCUT2D eigenvalue weighted by Crippen LogP contribution is -2.33. The molecule has 0 bridgehead atoms. The van der Waals surface area contributed by atoms with Crippen molar-refractivity contribution in [3.05, 3.63) is 30.0 Å². The molecule has 0 fully saturated rings. The predicted molar refractivity (Wildman–Crippen MR) is 97.8 cm³/mol. The summed E-state index contributed by atoms with van der Waals surface area (Å²) >= 11 is 0. The van der Waals surface area contributed by atoms with Crippen molar-refractivity contribution in [2.75, 3.05) is 31.6 Å². The molecular weight excluding hydrogens is 320 g/mol. The second-order valence-corrected chi connectivity index (χ2v) is 5.78. The van der Waals surface area contributed by atoms with E-state index in [2.05, 4.69) is 5.32 Å². The van der Waals surface area contributed by atoms with E-state index in [4.69, 9.17) is 9.15 Å². The van der Waals surface area contributed by atoms with Crippen LogP contribution in [0.25, 0.3) is 11.0 Å². The fourth-order valence-electron chi connectivity index (χ4n) is 2.69. The maximum absolute atomic E-state index is 13.0. The second-order valence-electron chi connectivity index (χ2n) is 5.78. The highest BCUT2D eigenvalue weighted by Gasteiger charge is 2.25.